The van der Waals surface area contributed by atoms with Gasteiger partial charge >= 0.3 is 0 Å². The van der Waals surface area contributed by atoms with Gasteiger partial charge in [0, 0.05) is 24.3 Å². The number of nitrogens with one attached hydrogen (secondary N) is 1. The molecular weight excluding hydrogens is 321 g/mol. The first kappa shape index (κ1) is 15.2. The van der Waals surface area contributed by atoms with Gasteiger partial charge in [-0.25, -0.2) is 4.39 Å². The van der Waals surface area contributed by atoms with Gasteiger partial charge < -0.3 is 5.32 Å². The second-order valence-corrected chi connectivity index (χ2v) is 5.73. The molecule has 0 aliphatic carbocycles. The molecule has 2 rings (SSSR count). The fourth-order valence-electron chi connectivity index (χ4n) is 2.30. The lowest BCUT2D eigenvalue weighted by Gasteiger charge is -2.18. The number of halogens is 2. The molecule has 0 amide bonds. The minimum Gasteiger partial charge on any atom is -0.310 e. The van der Waals surface area contributed by atoms with E-state index in [9.17, 15) is 4.39 Å². The van der Waals surface area contributed by atoms with Gasteiger partial charge in [-0.05, 0) is 53.5 Å². The lowest BCUT2D eigenvalue weighted by atomic mass is 9.99. The molecule has 1 heterocycles. The van der Waals surface area contributed by atoms with E-state index in [-0.39, 0.29) is 11.9 Å². The Balaban J connectivity index is 2.25. The smallest absolute Gasteiger partial charge is 0.137 e. The van der Waals surface area contributed by atoms with Crippen molar-refractivity contribution in [2.45, 2.75) is 26.3 Å². The van der Waals surface area contributed by atoms with Crippen molar-refractivity contribution < 1.29 is 4.39 Å². The number of aryl methyl sites for hydroxylation is 1. The Bertz CT molecular complexity index is 595. The summed E-state index contributed by atoms with van der Waals surface area (Å²) in [5, 5.41) is 7.77. The maximum Gasteiger partial charge on any atom is 0.137 e. The third kappa shape index (κ3) is 3.27. The second kappa shape index (κ2) is 6.50. The van der Waals surface area contributed by atoms with E-state index >= 15 is 0 Å². The molecule has 1 aromatic carbocycles. The highest BCUT2D eigenvalue weighted by atomic mass is 79.9. The van der Waals surface area contributed by atoms with Gasteiger partial charge in [0.2, 0.25) is 0 Å². The van der Waals surface area contributed by atoms with Crippen molar-refractivity contribution in [2.75, 3.05) is 6.54 Å². The second-order valence-electron chi connectivity index (χ2n) is 4.87. The maximum atomic E-state index is 13.3. The van der Waals surface area contributed by atoms with Crippen LogP contribution < -0.4 is 5.32 Å². The van der Waals surface area contributed by atoms with Crippen LogP contribution in [-0.2, 0) is 13.5 Å². The molecule has 0 radical (unpaired) electrons. The van der Waals surface area contributed by atoms with Crippen molar-refractivity contribution >= 4 is 15.9 Å². The van der Waals surface area contributed by atoms with Crippen LogP contribution >= 0.6 is 15.9 Å². The fourth-order valence-corrected chi connectivity index (χ4v) is 2.72. The SMILES string of the molecule is CCNC(Cc1ccc(F)c(Br)c1)c1cnn(C)c1C. The summed E-state index contributed by atoms with van der Waals surface area (Å²) in [6, 6.07) is 5.35. The summed E-state index contributed by atoms with van der Waals surface area (Å²) in [5.41, 5.74) is 3.43. The van der Waals surface area contributed by atoms with Crippen LogP contribution in [0.5, 0.6) is 0 Å². The molecule has 1 N–H and O–H groups in total. The van der Waals surface area contributed by atoms with Gasteiger partial charge in [0.1, 0.15) is 5.82 Å². The number of hydrogen-bond donors (Lipinski definition) is 1. The molecule has 2 aromatic rings. The van der Waals surface area contributed by atoms with Crippen LogP contribution in [0.2, 0.25) is 0 Å². The van der Waals surface area contributed by atoms with Gasteiger partial charge in [0.15, 0.2) is 0 Å². The highest BCUT2D eigenvalue weighted by Gasteiger charge is 2.16. The number of benzene rings is 1. The van der Waals surface area contributed by atoms with E-state index in [1.807, 2.05) is 30.1 Å². The molecule has 5 heteroatoms. The Kier molecular flexibility index (Phi) is 4.94. The first-order valence-corrected chi connectivity index (χ1v) is 7.48. The summed E-state index contributed by atoms with van der Waals surface area (Å²) >= 11 is 3.24. The lowest BCUT2D eigenvalue weighted by Crippen LogP contribution is -2.23. The van der Waals surface area contributed by atoms with Crippen molar-refractivity contribution in [3.05, 3.63) is 51.5 Å². The van der Waals surface area contributed by atoms with Crippen LogP contribution in [0.1, 0.15) is 29.8 Å². The third-order valence-corrected chi connectivity index (χ3v) is 4.13. The van der Waals surface area contributed by atoms with Gasteiger partial charge in [-0.1, -0.05) is 13.0 Å². The average molecular weight is 340 g/mol. The zero-order valence-electron chi connectivity index (χ0n) is 12.0. The lowest BCUT2D eigenvalue weighted by molar-refractivity contribution is 0.544. The molecule has 0 bridgehead atoms. The van der Waals surface area contributed by atoms with Crippen LogP contribution in [0.4, 0.5) is 4.39 Å². The molecule has 0 saturated heterocycles. The normalized spacial score (nSPS) is 12.7. The largest absolute Gasteiger partial charge is 0.310 e. The summed E-state index contributed by atoms with van der Waals surface area (Å²) in [5.74, 6) is -0.230. The molecule has 1 unspecified atom stereocenters. The van der Waals surface area contributed by atoms with Gasteiger partial charge in [0.05, 0.1) is 10.7 Å². The Morgan fingerprint density at radius 1 is 1.45 bits per heavy atom. The van der Waals surface area contributed by atoms with E-state index in [2.05, 4.69) is 40.2 Å². The summed E-state index contributed by atoms with van der Waals surface area (Å²) in [4.78, 5) is 0. The van der Waals surface area contributed by atoms with E-state index < -0.39 is 0 Å². The molecule has 108 valence electrons. The molecule has 0 aliphatic heterocycles. The predicted octanol–water partition coefficient (Wildman–Crippen LogP) is 3.52. The number of hydrogen-bond acceptors (Lipinski definition) is 2. The predicted molar refractivity (Wildman–Crippen MR) is 82.2 cm³/mol. The zero-order chi connectivity index (χ0) is 14.7. The minimum absolute atomic E-state index is 0.186. The Morgan fingerprint density at radius 2 is 2.20 bits per heavy atom. The minimum atomic E-state index is -0.230. The molecule has 0 spiro atoms. The van der Waals surface area contributed by atoms with E-state index in [1.165, 1.54) is 11.6 Å². The highest BCUT2D eigenvalue weighted by molar-refractivity contribution is 9.10. The fraction of sp³-hybridized carbons (Fsp3) is 0.400. The van der Waals surface area contributed by atoms with Crippen molar-refractivity contribution in [2.24, 2.45) is 7.05 Å². The Morgan fingerprint density at radius 3 is 2.75 bits per heavy atom. The van der Waals surface area contributed by atoms with Crippen LogP contribution in [0.25, 0.3) is 0 Å². The number of likely N-dealkylation sites (N-methyl/N-ethyl adjacent to an activating group) is 1. The number of nitrogens with zero attached hydrogens (tertiary/aromatic N) is 2. The maximum absolute atomic E-state index is 13.3. The standard InChI is InChI=1S/C15H19BrFN3/c1-4-18-15(12-9-19-20(3)10(12)2)8-11-5-6-14(17)13(16)7-11/h5-7,9,15,18H,4,8H2,1-3H3. The Hall–Kier alpha value is -1.20. The van der Waals surface area contributed by atoms with E-state index in [0.717, 1.165) is 24.2 Å². The monoisotopic (exact) mass is 339 g/mol. The first-order valence-electron chi connectivity index (χ1n) is 6.68. The van der Waals surface area contributed by atoms with Crippen LogP contribution in [0, 0.1) is 12.7 Å². The van der Waals surface area contributed by atoms with Crippen LogP contribution in [0.15, 0.2) is 28.9 Å². The van der Waals surface area contributed by atoms with Gasteiger partial charge in [-0.2, -0.15) is 5.10 Å². The van der Waals surface area contributed by atoms with Crippen molar-refractivity contribution in [3.63, 3.8) is 0 Å². The number of aromatic nitrogens is 2. The third-order valence-electron chi connectivity index (χ3n) is 3.52. The summed E-state index contributed by atoms with van der Waals surface area (Å²) in [6.45, 7) is 5.02. The quantitative estimate of drug-likeness (QED) is 0.903. The van der Waals surface area contributed by atoms with Crippen molar-refractivity contribution in [1.82, 2.24) is 15.1 Å². The average Bonchev–Trinajstić information content (AvgIpc) is 2.74. The van der Waals surface area contributed by atoms with Gasteiger partial charge in [-0.15, -0.1) is 0 Å². The van der Waals surface area contributed by atoms with E-state index in [4.69, 9.17) is 0 Å². The molecule has 3 nitrogen and oxygen atoms in total. The molecule has 0 fully saturated rings. The van der Waals surface area contributed by atoms with Crippen molar-refractivity contribution in [1.29, 1.82) is 0 Å². The van der Waals surface area contributed by atoms with Crippen LogP contribution in [0.3, 0.4) is 0 Å². The van der Waals surface area contributed by atoms with E-state index in [0.29, 0.717) is 4.47 Å². The van der Waals surface area contributed by atoms with Crippen molar-refractivity contribution in [3.8, 4) is 0 Å². The summed E-state index contributed by atoms with van der Waals surface area (Å²) in [7, 11) is 1.94. The van der Waals surface area contributed by atoms with Gasteiger partial charge in [0.25, 0.3) is 0 Å². The molecular formula is C15H19BrFN3. The molecule has 0 saturated carbocycles. The summed E-state index contributed by atoms with van der Waals surface area (Å²) < 4.78 is 15.7. The highest BCUT2D eigenvalue weighted by Crippen LogP contribution is 2.24. The molecule has 1 aromatic heterocycles. The van der Waals surface area contributed by atoms with Gasteiger partial charge in [-0.3, -0.25) is 4.68 Å². The van der Waals surface area contributed by atoms with E-state index in [1.54, 1.807) is 0 Å². The topological polar surface area (TPSA) is 29.9 Å². The first-order chi connectivity index (χ1) is 9.52. The van der Waals surface area contributed by atoms with Crippen LogP contribution in [-0.4, -0.2) is 16.3 Å². The molecule has 1 atom stereocenters. The number of rotatable bonds is 5. The molecule has 0 aliphatic rings. The molecule has 20 heavy (non-hydrogen) atoms. The zero-order valence-corrected chi connectivity index (χ0v) is 13.5. The Labute approximate surface area is 127 Å². The summed E-state index contributed by atoms with van der Waals surface area (Å²) in [6.07, 6.45) is 2.71.